The molecule has 0 radical (unpaired) electrons. The summed E-state index contributed by atoms with van der Waals surface area (Å²) in [6.45, 7) is 4.34. The van der Waals surface area contributed by atoms with Crippen LogP contribution in [0.15, 0.2) is 30.6 Å². The molecule has 0 saturated carbocycles. The molecular weight excluding hydrogens is 224 g/mol. The van der Waals surface area contributed by atoms with Crippen LogP contribution in [0.2, 0.25) is 0 Å². The molecule has 0 aliphatic carbocycles. The van der Waals surface area contributed by atoms with Gasteiger partial charge in [0, 0.05) is 18.0 Å². The van der Waals surface area contributed by atoms with Gasteiger partial charge in [0.25, 0.3) is 0 Å². The molecule has 1 heterocycles. The van der Waals surface area contributed by atoms with E-state index in [1.54, 1.807) is 12.4 Å². The third kappa shape index (κ3) is 2.67. The first-order valence-corrected chi connectivity index (χ1v) is 6.64. The van der Waals surface area contributed by atoms with Gasteiger partial charge in [0.05, 0.1) is 17.1 Å². The van der Waals surface area contributed by atoms with Crippen molar-refractivity contribution in [3.05, 3.63) is 36.2 Å². The van der Waals surface area contributed by atoms with E-state index in [4.69, 9.17) is 0 Å². The first kappa shape index (κ1) is 13.0. The first-order valence-electron chi connectivity index (χ1n) is 6.64. The predicted octanol–water partition coefficient (Wildman–Crippen LogP) is 3.49. The van der Waals surface area contributed by atoms with Crippen LogP contribution < -0.4 is 0 Å². The standard InChI is InChI=1S/C15H20N2O/c1-3-11(4-2)10-14(18)12-6-5-7-13-15(12)17-9-8-16-13/h5-9,11,14,18H,3-4,10H2,1-2H3. The molecule has 0 amide bonds. The molecular formula is C15H20N2O. The molecule has 0 aliphatic rings. The molecule has 96 valence electrons. The molecule has 1 aromatic heterocycles. The summed E-state index contributed by atoms with van der Waals surface area (Å²) in [6.07, 6.45) is 5.90. The van der Waals surface area contributed by atoms with Gasteiger partial charge in [-0.3, -0.25) is 9.97 Å². The van der Waals surface area contributed by atoms with E-state index in [9.17, 15) is 5.11 Å². The Kier molecular flexibility index (Phi) is 4.26. The van der Waals surface area contributed by atoms with Crippen LogP contribution in [0.4, 0.5) is 0 Å². The summed E-state index contributed by atoms with van der Waals surface area (Å²) in [5.74, 6) is 0.562. The molecule has 1 N–H and O–H groups in total. The fourth-order valence-electron chi connectivity index (χ4n) is 2.35. The Balaban J connectivity index is 2.30. The van der Waals surface area contributed by atoms with E-state index in [2.05, 4.69) is 23.8 Å². The minimum absolute atomic E-state index is 0.449. The predicted molar refractivity (Wildman–Crippen MR) is 73.2 cm³/mol. The van der Waals surface area contributed by atoms with Gasteiger partial charge >= 0.3 is 0 Å². The van der Waals surface area contributed by atoms with E-state index in [0.29, 0.717) is 5.92 Å². The maximum absolute atomic E-state index is 10.4. The monoisotopic (exact) mass is 244 g/mol. The number of fused-ring (bicyclic) bond motifs is 1. The normalized spacial score (nSPS) is 13.1. The van der Waals surface area contributed by atoms with Gasteiger partial charge in [-0.25, -0.2) is 0 Å². The van der Waals surface area contributed by atoms with Crippen molar-refractivity contribution in [3.63, 3.8) is 0 Å². The van der Waals surface area contributed by atoms with Crippen molar-refractivity contribution in [2.45, 2.75) is 39.2 Å². The van der Waals surface area contributed by atoms with E-state index < -0.39 is 6.10 Å². The molecule has 18 heavy (non-hydrogen) atoms. The number of para-hydroxylation sites is 1. The summed E-state index contributed by atoms with van der Waals surface area (Å²) < 4.78 is 0. The second-order valence-corrected chi connectivity index (χ2v) is 4.71. The van der Waals surface area contributed by atoms with Crippen LogP contribution in [0.25, 0.3) is 11.0 Å². The van der Waals surface area contributed by atoms with Crippen LogP contribution in [0.3, 0.4) is 0 Å². The Bertz CT molecular complexity index is 503. The highest BCUT2D eigenvalue weighted by atomic mass is 16.3. The van der Waals surface area contributed by atoms with E-state index >= 15 is 0 Å². The number of aliphatic hydroxyl groups excluding tert-OH is 1. The topological polar surface area (TPSA) is 46.0 Å². The summed E-state index contributed by atoms with van der Waals surface area (Å²) in [6, 6.07) is 5.81. The Labute approximate surface area is 108 Å². The lowest BCUT2D eigenvalue weighted by molar-refractivity contribution is 0.142. The van der Waals surface area contributed by atoms with Gasteiger partial charge in [0.1, 0.15) is 0 Å². The molecule has 2 aromatic rings. The Hall–Kier alpha value is -1.48. The molecule has 0 bridgehead atoms. The van der Waals surface area contributed by atoms with Crippen molar-refractivity contribution in [1.82, 2.24) is 9.97 Å². The maximum atomic E-state index is 10.4. The molecule has 3 heteroatoms. The van der Waals surface area contributed by atoms with Crippen molar-refractivity contribution in [2.75, 3.05) is 0 Å². The molecule has 1 atom stereocenters. The first-order chi connectivity index (χ1) is 8.76. The van der Waals surface area contributed by atoms with Crippen LogP contribution in [0.1, 0.15) is 44.8 Å². The second-order valence-electron chi connectivity index (χ2n) is 4.71. The fourth-order valence-corrected chi connectivity index (χ4v) is 2.35. The summed E-state index contributed by atoms with van der Waals surface area (Å²) >= 11 is 0. The third-order valence-corrected chi connectivity index (χ3v) is 3.60. The zero-order valence-electron chi connectivity index (χ0n) is 11.0. The summed E-state index contributed by atoms with van der Waals surface area (Å²) in [5.41, 5.74) is 2.56. The average molecular weight is 244 g/mol. The number of benzene rings is 1. The molecule has 1 aromatic carbocycles. The zero-order chi connectivity index (χ0) is 13.0. The van der Waals surface area contributed by atoms with Crippen molar-refractivity contribution in [3.8, 4) is 0 Å². The van der Waals surface area contributed by atoms with Crippen LogP contribution in [0, 0.1) is 5.92 Å². The van der Waals surface area contributed by atoms with Crippen LogP contribution >= 0.6 is 0 Å². The van der Waals surface area contributed by atoms with Gasteiger partial charge in [0.2, 0.25) is 0 Å². The molecule has 3 nitrogen and oxygen atoms in total. The molecule has 1 unspecified atom stereocenters. The van der Waals surface area contributed by atoms with Crippen LogP contribution in [-0.2, 0) is 0 Å². The quantitative estimate of drug-likeness (QED) is 0.875. The molecule has 0 aliphatic heterocycles. The highest BCUT2D eigenvalue weighted by Crippen LogP contribution is 2.28. The molecule has 2 rings (SSSR count). The largest absolute Gasteiger partial charge is 0.388 e. The van der Waals surface area contributed by atoms with Gasteiger partial charge in [-0.1, -0.05) is 38.8 Å². The van der Waals surface area contributed by atoms with E-state index in [1.807, 2.05) is 18.2 Å². The highest BCUT2D eigenvalue weighted by Gasteiger charge is 2.16. The van der Waals surface area contributed by atoms with E-state index in [-0.39, 0.29) is 0 Å². The van der Waals surface area contributed by atoms with Gasteiger partial charge < -0.3 is 5.11 Å². The Morgan fingerprint density at radius 2 is 1.83 bits per heavy atom. The SMILES string of the molecule is CCC(CC)CC(O)c1cccc2nccnc12. The lowest BCUT2D eigenvalue weighted by Gasteiger charge is -2.18. The summed E-state index contributed by atoms with van der Waals surface area (Å²) in [5, 5.41) is 10.4. The Morgan fingerprint density at radius 3 is 2.56 bits per heavy atom. The second kappa shape index (κ2) is 5.91. The van der Waals surface area contributed by atoms with Gasteiger partial charge in [-0.05, 0) is 18.4 Å². The Morgan fingerprint density at radius 1 is 1.11 bits per heavy atom. The number of rotatable bonds is 5. The lowest BCUT2D eigenvalue weighted by atomic mass is 9.92. The molecule has 0 saturated heterocycles. The average Bonchev–Trinajstić information content (AvgIpc) is 2.43. The van der Waals surface area contributed by atoms with Crippen molar-refractivity contribution < 1.29 is 5.11 Å². The minimum Gasteiger partial charge on any atom is -0.388 e. The number of aliphatic hydroxyl groups is 1. The van der Waals surface area contributed by atoms with Crippen molar-refractivity contribution in [2.24, 2.45) is 5.92 Å². The van der Waals surface area contributed by atoms with Crippen LogP contribution in [-0.4, -0.2) is 15.1 Å². The third-order valence-electron chi connectivity index (χ3n) is 3.60. The maximum Gasteiger partial charge on any atom is 0.0944 e. The number of nitrogens with zero attached hydrogens (tertiary/aromatic N) is 2. The molecule has 0 fully saturated rings. The van der Waals surface area contributed by atoms with E-state index in [0.717, 1.165) is 35.9 Å². The zero-order valence-corrected chi connectivity index (χ0v) is 11.0. The fraction of sp³-hybridized carbons (Fsp3) is 0.467. The van der Waals surface area contributed by atoms with Crippen molar-refractivity contribution >= 4 is 11.0 Å². The van der Waals surface area contributed by atoms with E-state index in [1.165, 1.54) is 0 Å². The summed E-state index contributed by atoms with van der Waals surface area (Å²) in [4.78, 5) is 8.61. The number of hydrogen-bond donors (Lipinski definition) is 1. The lowest BCUT2D eigenvalue weighted by Crippen LogP contribution is -2.07. The van der Waals surface area contributed by atoms with Gasteiger partial charge in [-0.2, -0.15) is 0 Å². The summed E-state index contributed by atoms with van der Waals surface area (Å²) in [7, 11) is 0. The van der Waals surface area contributed by atoms with Gasteiger partial charge in [0.15, 0.2) is 0 Å². The number of aromatic nitrogens is 2. The van der Waals surface area contributed by atoms with Crippen molar-refractivity contribution in [1.29, 1.82) is 0 Å². The van der Waals surface area contributed by atoms with Gasteiger partial charge in [-0.15, -0.1) is 0 Å². The van der Waals surface area contributed by atoms with Crippen LogP contribution in [0.5, 0.6) is 0 Å². The highest BCUT2D eigenvalue weighted by molar-refractivity contribution is 5.77. The smallest absolute Gasteiger partial charge is 0.0944 e. The minimum atomic E-state index is -0.449. The number of hydrogen-bond acceptors (Lipinski definition) is 3. The molecule has 0 spiro atoms.